The van der Waals surface area contributed by atoms with E-state index in [1.807, 2.05) is 42.5 Å². The van der Waals surface area contributed by atoms with Gasteiger partial charge in [0, 0.05) is 16.9 Å². The van der Waals surface area contributed by atoms with Gasteiger partial charge in [0.25, 0.3) is 5.91 Å². The van der Waals surface area contributed by atoms with Crippen molar-refractivity contribution in [1.29, 1.82) is 0 Å². The summed E-state index contributed by atoms with van der Waals surface area (Å²) in [7, 11) is 2.93. The van der Waals surface area contributed by atoms with Crippen molar-refractivity contribution in [3.63, 3.8) is 0 Å². The number of ether oxygens (including phenoxy) is 2. The van der Waals surface area contributed by atoms with Crippen molar-refractivity contribution in [3.05, 3.63) is 89.5 Å². The molecule has 0 radical (unpaired) electrons. The molecule has 3 aromatic carbocycles. The molecule has 0 spiro atoms. The minimum absolute atomic E-state index is 0.158. The maximum atomic E-state index is 13.4. The molecule has 1 heterocycles. The number of para-hydroxylation sites is 1. The molecule has 1 amide bonds. The highest BCUT2D eigenvalue weighted by atomic mass is 16.5. The lowest BCUT2D eigenvalue weighted by Crippen LogP contribution is -2.43. The summed E-state index contributed by atoms with van der Waals surface area (Å²) in [6.45, 7) is 0. The van der Waals surface area contributed by atoms with E-state index < -0.39 is 12.1 Å². The minimum Gasteiger partial charge on any atom is -0.497 e. The molecule has 0 unspecified atom stereocenters. The van der Waals surface area contributed by atoms with Crippen LogP contribution in [0.2, 0.25) is 0 Å². The Morgan fingerprint density at radius 1 is 0.931 bits per heavy atom. The zero-order chi connectivity index (χ0) is 20.4. The first-order chi connectivity index (χ1) is 14.1. The molecule has 6 nitrogen and oxygen atoms in total. The minimum atomic E-state index is -0.582. The van der Waals surface area contributed by atoms with E-state index in [9.17, 15) is 9.59 Å². The normalized spacial score (nSPS) is 15.3. The molecule has 0 bridgehead atoms. The van der Waals surface area contributed by atoms with Gasteiger partial charge in [0.2, 0.25) is 0 Å². The Morgan fingerprint density at radius 3 is 2.34 bits per heavy atom. The molecule has 0 saturated heterocycles. The van der Waals surface area contributed by atoms with Gasteiger partial charge in [0.1, 0.15) is 11.9 Å². The van der Waals surface area contributed by atoms with Crippen molar-refractivity contribution >= 4 is 23.3 Å². The largest absolute Gasteiger partial charge is 0.497 e. The predicted molar refractivity (Wildman–Crippen MR) is 110 cm³/mol. The lowest BCUT2D eigenvalue weighted by atomic mass is 9.98. The summed E-state index contributed by atoms with van der Waals surface area (Å²) >= 11 is 0. The zero-order valence-corrected chi connectivity index (χ0v) is 16.1. The quantitative estimate of drug-likeness (QED) is 0.677. The molecule has 0 aliphatic carbocycles. The molecule has 1 N–H and O–H groups in total. The highest BCUT2D eigenvalue weighted by Gasteiger charge is 2.35. The molecule has 0 saturated carbocycles. The summed E-state index contributed by atoms with van der Waals surface area (Å²) in [5, 5.41) is 3.41. The first kappa shape index (κ1) is 18.6. The number of rotatable bonds is 4. The van der Waals surface area contributed by atoms with Crippen LogP contribution in [0.4, 0.5) is 11.4 Å². The van der Waals surface area contributed by atoms with Crippen molar-refractivity contribution in [2.45, 2.75) is 6.17 Å². The number of hydrogen-bond donors (Lipinski definition) is 1. The van der Waals surface area contributed by atoms with Crippen molar-refractivity contribution < 1.29 is 19.1 Å². The van der Waals surface area contributed by atoms with Crippen LogP contribution in [-0.2, 0) is 4.74 Å². The van der Waals surface area contributed by atoms with Crippen LogP contribution in [0, 0.1) is 0 Å². The highest BCUT2D eigenvalue weighted by Crippen LogP contribution is 2.38. The summed E-state index contributed by atoms with van der Waals surface area (Å²) in [6, 6.07) is 21.7. The third-order valence-electron chi connectivity index (χ3n) is 4.94. The Balaban J connectivity index is 1.88. The van der Waals surface area contributed by atoms with E-state index in [-0.39, 0.29) is 5.91 Å². The number of fused-ring (bicyclic) bond motifs is 1. The molecule has 0 aromatic heterocycles. The molecular formula is C23H20N2O4. The molecule has 6 heteroatoms. The summed E-state index contributed by atoms with van der Waals surface area (Å²) in [5.74, 6) is 0.0793. The van der Waals surface area contributed by atoms with Crippen LogP contribution >= 0.6 is 0 Å². The second kappa shape index (κ2) is 7.67. The van der Waals surface area contributed by atoms with Gasteiger partial charge in [-0.05, 0) is 42.5 Å². The first-order valence-electron chi connectivity index (χ1n) is 9.14. The number of nitrogens with one attached hydrogen (secondary N) is 1. The van der Waals surface area contributed by atoms with E-state index in [1.54, 1.807) is 42.3 Å². The molecule has 1 aliphatic heterocycles. The fraction of sp³-hybridized carbons (Fsp3) is 0.130. The van der Waals surface area contributed by atoms with Crippen LogP contribution in [0.5, 0.6) is 5.75 Å². The van der Waals surface area contributed by atoms with Crippen LogP contribution in [0.25, 0.3) is 0 Å². The number of hydrogen-bond acceptors (Lipinski definition) is 5. The Hall–Kier alpha value is -3.80. The summed E-state index contributed by atoms with van der Waals surface area (Å²) in [5.41, 5.74) is 3.01. The van der Waals surface area contributed by atoms with Gasteiger partial charge in [0.15, 0.2) is 0 Å². The molecule has 1 aliphatic rings. The van der Waals surface area contributed by atoms with Gasteiger partial charge >= 0.3 is 5.97 Å². The van der Waals surface area contributed by atoms with Crippen molar-refractivity contribution in [2.75, 3.05) is 24.4 Å². The summed E-state index contributed by atoms with van der Waals surface area (Å²) in [6.07, 6.45) is -0.582. The number of benzene rings is 3. The van der Waals surface area contributed by atoms with E-state index in [2.05, 4.69) is 5.32 Å². The molecule has 29 heavy (non-hydrogen) atoms. The number of anilines is 2. The van der Waals surface area contributed by atoms with Crippen LogP contribution in [0.3, 0.4) is 0 Å². The monoisotopic (exact) mass is 388 g/mol. The number of methoxy groups -OCH3 is 2. The molecule has 1 atom stereocenters. The summed E-state index contributed by atoms with van der Waals surface area (Å²) < 4.78 is 10.2. The van der Waals surface area contributed by atoms with E-state index in [0.717, 1.165) is 0 Å². The Morgan fingerprint density at radius 2 is 1.62 bits per heavy atom. The van der Waals surface area contributed by atoms with Crippen LogP contribution in [0.15, 0.2) is 72.8 Å². The number of nitrogens with zero attached hydrogens (tertiary/aromatic N) is 1. The Bertz CT molecular complexity index is 1060. The van der Waals surface area contributed by atoms with Gasteiger partial charge in [-0.2, -0.15) is 0 Å². The van der Waals surface area contributed by atoms with Gasteiger partial charge in [-0.3, -0.25) is 9.69 Å². The van der Waals surface area contributed by atoms with E-state index >= 15 is 0 Å². The Kier molecular flexibility index (Phi) is 4.91. The first-order valence-corrected chi connectivity index (χ1v) is 9.14. The maximum absolute atomic E-state index is 13.4. The van der Waals surface area contributed by atoms with Crippen molar-refractivity contribution in [1.82, 2.24) is 0 Å². The molecule has 0 fully saturated rings. The number of carbonyl (C=O) groups is 2. The molecular weight excluding hydrogens is 368 g/mol. The maximum Gasteiger partial charge on any atom is 0.338 e. The topological polar surface area (TPSA) is 67.9 Å². The number of amides is 1. The third-order valence-corrected chi connectivity index (χ3v) is 4.94. The van der Waals surface area contributed by atoms with Gasteiger partial charge in [-0.1, -0.05) is 30.3 Å². The van der Waals surface area contributed by atoms with Gasteiger partial charge in [-0.15, -0.1) is 0 Å². The fourth-order valence-electron chi connectivity index (χ4n) is 3.51. The van der Waals surface area contributed by atoms with E-state index in [1.165, 1.54) is 7.11 Å². The SMILES string of the molecule is COC(=O)c1ccccc1[C@@H]1Nc2ccccc2C(=O)N1c1ccc(OC)cc1. The van der Waals surface area contributed by atoms with E-state index in [4.69, 9.17) is 9.47 Å². The molecule has 146 valence electrons. The Labute approximate surface area is 168 Å². The number of carbonyl (C=O) groups excluding carboxylic acids is 2. The lowest BCUT2D eigenvalue weighted by Gasteiger charge is -2.38. The predicted octanol–water partition coefficient (Wildman–Crippen LogP) is 4.25. The van der Waals surface area contributed by atoms with Crippen molar-refractivity contribution in [2.24, 2.45) is 0 Å². The van der Waals surface area contributed by atoms with Gasteiger partial charge in [-0.25, -0.2) is 4.79 Å². The average molecular weight is 388 g/mol. The van der Waals surface area contributed by atoms with E-state index in [0.29, 0.717) is 33.8 Å². The molecule has 4 rings (SSSR count). The van der Waals surface area contributed by atoms with Gasteiger partial charge < -0.3 is 14.8 Å². The second-order valence-electron chi connectivity index (χ2n) is 6.54. The van der Waals surface area contributed by atoms with Crippen LogP contribution < -0.4 is 15.0 Å². The standard InChI is InChI=1S/C23H20N2O4/c1-28-16-13-11-15(12-14-16)25-21(17-7-3-4-8-18(17)23(27)29-2)24-20-10-6-5-9-19(20)22(25)26/h3-14,21,24H,1-2H3/t21-/m1/s1. The highest BCUT2D eigenvalue weighted by molar-refractivity contribution is 6.12. The van der Waals surface area contributed by atoms with Crippen LogP contribution in [-0.4, -0.2) is 26.1 Å². The van der Waals surface area contributed by atoms with Gasteiger partial charge in [0.05, 0.1) is 25.3 Å². The average Bonchev–Trinajstić information content (AvgIpc) is 2.78. The van der Waals surface area contributed by atoms with Crippen molar-refractivity contribution in [3.8, 4) is 5.75 Å². The third kappa shape index (κ3) is 3.29. The van der Waals surface area contributed by atoms with Crippen LogP contribution in [0.1, 0.15) is 32.4 Å². The molecule has 3 aromatic rings. The zero-order valence-electron chi connectivity index (χ0n) is 16.1. The lowest BCUT2D eigenvalue weighted by molar-refractivity contribution is 0.0598. The number of esters is 1. The summed E-state index contributed by atoms with van der Waals surface area (Å²) in [4.78, 5) is 27.4. The fourth-order valence-corrected chi connectivity index (χ4v) is 3.51. The second-order valence-corrected chi connectivity index (χ2v) is 6.54. The smallest absolute Gasteiger partial charge is 0.338 e.